The summed E-state index contributed by atoms with van der Waals surface area (Å²) in [5.74, 6) is 0.739. The second-order valence-corrected chi connectivity index (χ2v) is 9.65. The number of nitrogens with one attached hydrogen (secondary N) is 1. The van der Waals surface area contributed by atoms with Gasteiger partial charge in [-0.2, -0.15) is 5.26 Å². The molecule has 1 fully saturated rings. The smallest absolute Gasteiger partial charge is 0.245 e. The van der Waals surface area contributed by atoms with E-state index < -0.39 is 10.0 Å². The third-order valence-corrected chi connectivity index (χ3v) is 6.96. The quantitative estimate of drug-likeness (QED) is 0.641. The van der Waals surface area contributed by atoms with E-state index in [4.69, 9.17) is 10.00 Å². The molecule has 0 amide bonds. The summed E-state index contributed by atoms with van der Waals surface area (Å²) in [6, 6.07) is 6.65. The molecule has 1 aliphatic rings. The van der Waals surface area contributed by atoms with E-state index in [2.05, 4.69) is 19.7 Å². The number of ether oxygens (including phenoxy) is 1. The molecule has 0 radical (unpaired) electrons. The standard InChI is InChI=1S/C19H17N5O3S2/c1-11-23-19(17(28-11)13-3-4-13)27-18-16(29(25,26)21-2)6-5-15(24-18)14-7-12(8-20)9-22-10-14/h5-7,9-10,13,21H,3-4H2,1-2H3. The van der Waals surface area contributed by atoms with Gasteiger partial charge in [-0.25, -0.2) is 23.1 Å². The van der Waals surface area contributed by atoms with Crippen LogP contribution < -0.4 is 9.46 Å². The first-order valence-electron chi connectivity index (χ1n) is 8.86. The van der Waals surface area contributed by atoms with Gasteiger partial charge in [-0.3, -0.25) is 4.98 Å². The van der Waals surface area contributed by atoms with Gasteiger partial charge in [-0.1, -0.05) is 0 Å². The zero-order valence-corrected chi connectivity index (χ0v) is 17.3. The summed E-state index contributed by atoms with van der Waals surface area (Å²) in [5.41, 5.74) is 1.41. The number of sulfonamides is 1. The highest BCUT2D eigenvalue weighted by Gasteiger charge is 2.31. The van der Waals surface area contributed by atoms with E-state index in [1.807, 2.05) is 13.0 Å². The van der Waals surface area contributed by atoms with E-state index in [1.54, 1.807) is 29.7 Å². The van der Waals surface area contributed by atoms with Gasteiger partial charge >= 0.3 is 0 Å². The molecule has 0 unspecified atom stereocenters. The molecule has 3 heterocycles. The highest BCUT2D eigenvalue weighted by atomic mass is 32.2. The van der Waals surface area contributed by atoms with Gasteiger partial charge in [0.05, 0.1) is 21.1 Å². The molecule has 148 valence electrons. The van der Waals surface area contributed by atoms with Crippen LogP contribution in [-0.2, 0) is 10.0 Å². The van der Waals surface area contributed by atoms with Gasteiger partial charge in [-0.15, -0.1) is 11.3 Å². The normalized spacial score (nSPS) is 13.8. The average Bonchev–Trinajstić information content (AvgIpc) is 3.51. The molecular formula is C19H17N5O3S2. The number of hydrogen-bond acceptors (Lipinski definition) is 8. The van der Waals surface area contributed by atoms with Crippen LogP contribution in [0.4, 0.5) is 0 Å². The number of nitriles is 1. The summed E-state index contributed by atoms with van der Waals surface area (Å²) >= 11 is 1.55. The van der Waals surface area contributed by atoms with Crippen LogP contribution in [0.25, 0.3) is 11.3 Å². The molecule has 0 saturated heterocycles. The molecule has 1 aliphatic carbocycles. The lowest BCUT2D eigenvalue weighted by atomic mass is 10.1. The largest absolute Gasteiger partial charge is 0.418 e. The van der Waals surface area contributed by atoms with Crippen molar-refractivity contribution in [1.29, 1.82) is 5.26 Å². The Kier molecular flexibility index (Phi) is 5.04. The molecule has 1 N–H and O–H groups in total. The lowest BCUT2D eigenvalue weighted by molar-refractivity contribution is 0.428. The van der Waals surface area contributed by atoms with E-state index >= 15 is 0 Å². The first-order chi connectivity index (χ1) is 13.9. The fourth-order valence-electron chi connectivity index (χ4n) is 2.81. The van der Waals surface area contributed by atoms with Gasteiger partial charge in [0, 0.05) is 18.0 Å². The Labute approximate surface area is 172 Å². The minimum Gasteiger partial charge on any atom is -0.418 e. The molecule has 0 aromatic carbocycles. The number of hydrogen-bond donors (Lipinski definition) is 1. The Morgan fingerprint density at radius 3 is 2.72 bits per heavy atom. The van der Waals surface area contributed by atoms with Crippen LogP contribution in [0.15, 0.2) is 35.5 Å². The Morgan fingerprint density at radius 1 is 1.24 bits per heavy atom. The Morgan fingerprint density at radius 2 is 2.03 bits per heavy atom. The van der Waals surface area contributed by atoms with Crippen LogP contribution >= 0.6 is 11.3 Å². The van der Waals surface area contributed by atoms with E-state index in [0.29, 0.717) is 28.6 Å². The molecule has 4 rings (SSSR count). The maximum atomic E-state index is 12.5. The minimum atomic E-state index is -3.80. The Bertz CT molecular complexity index is 1230. The highest BCUT2D eigenvalue weighted by molar-refractivity contribution is 7.89. The predicted octanol–water partition coefficient (Wildman–Crippen LogP) is 3.36. The highest BCUT2D eigenvalue weighted by Crippen LogP contribution is 2.48. The van der Waals surface area contributed by atoms with Crippen molar-refractivity contribution in [3.05, 3.63) is 46.0 Å². The molecule has 10 heteroatoms. The van der Waals surface area contributed by atoms with Crippen molar-refractivity contribution in [1.82, 2.24) is 19.7 Å². The van der Waals surface area contributed by atoms with Crippen LogP contribution in [0.5, 0.6) is 11.8 Å². The monoisotopic (exact) mass is 427 g/mol. The van der Waals surface area contributed by atoms with E-state index in [1.165, 1.54) is 19.3 Å². The van der Waals surface area contributed by atoms with Crippen LogP contribution in [-0.4, -0.2) is 30.4 Å². The maximum absolute atomic E-state index is 12.5. The maximum Gasteiger partial charge on any atom is 0.245 e. The van der Waals surface area contributed by atoms with Crippen LogP contribution in [0, 0.1) is 18.3 Å². The Hall–Kier alpha value is -2.87. The third-order valence-electron chi connectivity index (χ3n) is 4.42. The van der Waals surface area contributed by atoms with Gasteiger partial charge in [0.1, 0.15) is 11.0 Å². The van der Waals surface area contributed by atoms with Crippen molar-refractivity contribution >= 4 is 21.4 Å². The number of aromatic nitrogens is 3. The molecule has 0 atom stereocenters. The summed E-state index contributed by atoms with van der Waals surface area (Å²) in [7, 11) is -2.47. The minimum absolute atomic E-state index is 0.0635. The summed E-state index contributed by atoms with van der Waals surface area (Å²) < 4.78 is 33.2. The molecule has 1 saturated carbocycles. The molecule has 0 bridgehead atoms. The van der Waals surface area contributed by atoms with Crippen LogP contribution in [0.3, 0.4) is 0 Å². The van der Waals surface area contributed by atoms with Gasteiger partial charge in [0.15, 0.2) is 0 Å². The third kappa shape index (κ3) is 3.98. The van der Waals surface area contributed by atoms with E-state index in [9.17, 15) is 8.42 Å². The summed E-state index contributed by atoms with van der Waals surface area (Å²) in [6.45, 7) is 1.89. The fourth-order valence-corrected chi connectivity index (χ4v) is 4.62. The SMILES string of the molecule is CNS(=O)(=O)c1ccc(-c2cncc(C#N)c2)nc1Oc1nc(C)sc1C1CC1. The summed E-state index contributed by atoms with van der Waals surface area (Å²) in [5, 5.41) is 9.95. The molecule has 29 heavy (non-hydrogen) atoms. The average molecular weight is 428 g/mol. The van der Waals surface area contributed by atoms with Crippen molar-refractivity contribution in [3.63, 3.8) is 0 Å². The zero-order chi connectivity index (χ0) is 20.6. The van der Waals surface area contributed by atoms with Crippen molar-refractivity contribution in [3.8, 4) is 29.1 Å². The topological polar surface area (TPSA) is 118 Å². The van der Waals surface area contributed by atoms with E-state index in [0.717, 1.165) is 22.7 Å². The van der Waals surface area contributed by atoms with Gasteiger partial charge in [0.2, 0.25) is 21.8 Å². The van der Waals surface area contributed by atoms with Crippen LogP contribution in [0.1, 0.15) is 34.2 Å². The van der Waals surface area contributed by atoms with Crippen molar-refractivity contribution in [2.75, 3.05) is 7.05 Å². The summed E-state index contributed by atoms with van der Waals surface area (Å²) in [4.78, 5) is 13.8. The lowest BCUT2D eigenvalue weighted by Gasteiger charge is -2.11. The van der Waals surface area contributed by atoms with Gasteiger partial charge in [-0.05, 0) is 50.9 Å². The van der Waals surface area contributed by atoms with E-state index in [-0.39, 0.29) is 10.8 Å². The first-order valence-corrected chi connectivity index (χ1v) is 11.2. The number of rotatable bonds is 6. The number of aryl methyl sites for hydroxylation is 1. The molecule has 3 aromatic heterocycles. The van der Waals surface area contributed by atoms with Crippen molar-refractivity contribution in [2.45, 2.75) is 30.6 Å². The first kappa shape index (κ1) is 19.4. The molecule has 0 spiro atoms. The second kappa shape index (κ2) is 7.51. The molecule has 3 aromatic rings. The van der Waals surface area contributed by atoms with Gasteiger partial charge in [0.25, 0.3) is 0 Å². The number of nitrogens with zero attached hydrogens (tertiary/aromatic N) is 4. The fraction of sp³-hybridized carbons (Fsp3) is 0.263. The Balaban J connectivity index is 1.82. The molecule has 0 aliphatic heterocycles. The van der Waals surface area contributed by atoms with Crippen molar-refractivity contribution < 1.29 is 13.2 Å². The second-order valence-electron chi connectivity index (χ2n) is 6.56. The number of thiazole rings is 1. The zero-order valence-electron chi connectivity index (χ0n) is 15.7. The predicted molar refractivity (Wildman–Crippen MR) is 107 cm³/mol. The van der Waals surface area contributed by atoms with Crippen LogP contribution in [0.2, 0.25) is 0 Å². The lowest BCUT2D eigenvalue weighted by Crippen LogP contribution is -2.19. The molecular weight excluding hydrogens is 410 g/mol. The number of pyridine rings is 2. The molecule has 8 nitrogen and oxygen atoms in total. The van der Waals surface area contributed by atoms with Gasteiger partial charge < -0.3 is 4.74 Å². The van der Waals surface area contributed by atoms with Crippen molar-refractivity contribution in [2.24, 2.45) is 0 Å². The summed E-state index contributed by atoms with van der Waals surface area (Å²) in [6.07, 6.45) is 5.14.